The molecule has 0 spiro atoms. The van der Waals surface area contributed by atoms with Gasteiger partial charge < -0.3 is 15.5 Å². The van der Waals surface area contributed by atoms with Crippen molar-refractivity contribution in [3.05, 3.63) is 77.6 Å². The van der Waals surface area contributed by atoms with Crippen LogP contribution >= 0.6 is 24.0 Å². The number of amides is 1. The topological polar surface area (TPSA) is 69.6 Å². The third kappa shape index (κ3) is 6.16. The van der Waals surface area contributed by atoms with Gasteiger partial charge in [-0.15, -0.1) is 24.0 Å². The summed E-state index contributed by atoms with van der Waals surface area (Å²) in [6, 6.07) is 18.0. The zero-order valence-electron chi connectivity index (χ0n) is 17.6. The van der Waals surface area contributed by atoms with Crippen molar-refractivity contribution in [1.82, 2.24) is 20.5 Å². The molecule has 1 heterocycles. The Balaban J connectivity index is 0.00000320. The second-order valence-electron chi connectivity index (χ2n) is 6.98. The molecule has 0 saturated heterocycles. The minimum absolute atomic E-state index is 0. The van der Waals surface area contributed by atoms with Gasteiger partial charge >= 0.3 is 0 Å². The highest BCUT2D eigenvalue weighted by atomic mass is 127. The van der Waals surface area contributed by atoms with Crippen LogP contribution in [-0.2, 0) is 13.0 Å². The first kappa shape index (κ1) is 23.6. The van der Waals surface area contributed by atoms with Crippen molar-refractivity contribution in [2.75, 3.05) is 27.7 Å². The molecule has 1 aromatic heterocycles. The molecule has 0 bridgehead atoms. The van der Waals surface area contributed by atoms with Crippen LogP contribution in [0, 0.1) is 0 Å². The predicted octanol–water partition coefficient (Wildman–Crippen LogP) is 3.46. The van der Waals surface area contributed by atoms with Gasteiger partial charge in [-0.05, 0) is 35.6 Å². The maximum absolute atomic E-state index is 12.1. The van der Waals surface area contributed by atoms with Crippen molar-refractivity contribution < 1.29 is 4.79 Å². The number of benzene rings is 2. The van der Waals surface area contributed by atoms with Gasteiger partial charge in [0.1, 0.15) is 0 Å². The van der Waals surface area contributed by atoms with Gasteiger partial charge in [-0.1, -0.05) is 36.4 Å². The molecule has 0 aliphatic heterocycles. The number of fused-ring (bicyclic) bond motifs is 1. The summed E-state index contributed by atoms with van der Waals surface area (Å²) in [6.45, 7) is 1.30. The van der Waals surface area contributed by atoms with E-state index in [0.717, 1.165) is 29.0 Å². The Morgan fingerprint density at radius 3 is 2.63 bits per heavy atom. The molecule has 30 heavy (non-hydrogen) atoms. The van der Waals surface area contributed by atoms with Crippen LogP contribution in [0.1, 0.15) is 21.6 Å². The molecule has 0 unspecified atom stereocenters. The number of aromatic nitrogens is 1. The molecule has 3 aromatic rings. The van der Waals surface area contributed by atoms with Gasteiger partial charge in [-0.3, -0.25) is 14.8 Å². The van der Waals surface area contributed by atoms with Crippen LogP contribution in [0.15, 0.2) is 65.8 Å². The van der Waals surface area contributed by atoms with Crippen LogP contribution < -0.4 is 10.6 Å². The molecule has 158 valence electrons. The smallest absolute Gasteiger partial charge is 0.253 e. The Hall–Kier alpha value is -2.68. The number of aliphatic imine (C=N–C) groups is 1. The van der Waals surface area contributed by atoms with Crippen LogP contribution in [0.4, 0.5) is 0 Å². The third-order valence-electron chi connectivity index (χ3n) is 4.69. The van der Waals surface area contributed by atoms with Crippen molar-refractivity contribution in [1.29, 1.82) is 0 Å². The molecular formula is C23H28IN5O. The molecule has 3 rings (SSSR count). The molecule has 0 aliphatic rings. The van der Waals surface area contributed by atoms with Gasteiger partial charge in [0.05, 0.1) is 12.2 Å². The summed E-state index contributed by atoms with van der Waals surface area (Å²) in [7, 11) is 5.27. The normalized spacial score (nSPS) is 11.0. The number of hydrogen-bond donors (Lipinski definition) is 2. The zero-order chi connectivity index (χ0) is 20.6. The van der Waals surface area contributed by atoms with Crippen LogP contribution in [0.25, 0.3) is 10.8 Å². The van der Waals surface area contributed by atoms with Gasteiger partial charge in [0, 0.05) is 44.8 Å². The highest BCUT2D eigenvalue weighted by Crippen LogP contribution is 2.15. The summed E-state index contributed by atoms with van der Waals surface area (Å²) < 4.78 is 0. The highest BCUT2D eigenvalue weighted by molar-refractivity contribution is 14.0. The van der Waals surface area contributed by atoms with Gasteiger partial charge in [-0.2, -0.15) is 0 Å². The number of rotatable bonds is 6. The fourth-order valence-electron chi connectivity index (χ4n) is 3.15. The Morgan fingerprint density at radius 1 is 1.07 bits per heavy atom. The van der Waals surface area contributed by atoms with E-state index in [1.807, 2.05) is 48.7 Å². The average molecular weight is 517 g/mol. The highest BCUT2D eigenvalue weighted by Gasteiger charge is 2.08. The SMILES string of the molecule is CN=C(NCCc1cccc(C(=O)N(C)C)c1)NCc1nccc2ccccc12.I. The van der Waals surface area contributed by atoms with E-state index < -0.39 is 0 Å². The van der Waals surface area contributed by atoms with Crippen molar-refractivity contribution in [2.45, 2.75) is 13.0 Å². The molecule has 2 aromatic carbocycles. The van der Waals surface area contributed by atoms with Crippen LogP contribution in [0.2, 0.25) is 0 Å². The van der Waals surface area contributed by atoms with Gasteiger partial charge in [0.25, 0.3) is 5.91 Å². The number of pyridine rings is 1. The Kier molecular flexibility index (Phi) is 9.04. The molecule has 0 radical (unpaired) electrons. The van der Waals surface area contributed by atoms with E-state index in [9.17, 15) is 4.79 Å². The van der Waals surface area contributed by atoms with Gasteiger partial charge in [-0.25, -0.2) is 0 Å². The number of carbonyl (C=O) groups is 1. The number of guanidine groups is 1. The Morgan fingerprint density at radius 2 is 1.87 bits per heavy atom. The van der Waals surface area contributed by atoms with E-state index in [1.54, 1.807) is 26.0 Å². The molecule has 6 nitrogen and oxygen atoms in total. The number of hydrogen-bond acceptors (Lipinski definition) is 3. The molecular weight excluding hydrogens is 489 g/mol. The van der Waals surface area contributed by atoms with E-state index in [0.29, 0.717) is 18.7 Å². The van der Waals surface area contributed by atoms with E-state index in [-0.39, 0.29) is 29.9 Å². The molecule has 2 N–H and O–H groups in total. The molecule has 0 fully saturated rings. The molecule has 0 atom stereocenters. The van der Waals surface area contributed by atoms with Crippen molar-refractivity contribution in [3.63, 3.8) is 0 Å². The fraction of sp³-hybridized carbons (Fsp3) is 0.261. The lowest BCUT2D eigenvalue weighted by atomic mass is 10.1. The average Bonchev–Trinajstić information content (AvgIpc) is 2.75. The van der Waals surface area contributed by atoms with Crippen molar-refractivity contribution in [3.8, 4) is 0 Å². The van der Waals surface area contributed by atoms with Gasteiger partial charge in [0.15, 0.2) is 5.96 Å². The summed E-state index contributed by atoms with van der Waals surface area (Å²) >= 11 is 0. The Labute approximate surface area is 194 Å². The number of nitrogens with one attached hydrogen (secondary N) is 2. The maximum Gasteiger partial charge on any atom is 0.253 e. The van der Waals surface area contributed by atoms with E-state index >= 15 is 0 Å². The maximum atomic E-state index is 12.1. The lowest BCUT2D eigenvalue weighted by Gasteiger charge is -2.13. The monoisotopic (exact) mass is 517 g/mol. The standard InChI is InChI=1S/C23H27N5O.HI/c1-24-23(27-16-21-20-10-5-4-8-18(20)12-14-25-21)26-13-11-17-7-6-9-19(15-17)22(29)28(2)3;/h4-10,12,14-15H,11,13,16H2,1-3H3,(H2,24,26,27);1H. The molecule has 0 saturated carbocycles. The minimum Gasteiger partial charge on any atom is -0.356 e. The van der Waals surface area contributed by atoms with Crippen molar-refractivity contribution >= 4 is 46.6 Å². The lowest BCUT2D eigenvalue weighted by molar-refractivity contribution is 0.0827. The quantitative estimate of drug-likeness (QED) is 0.299. The predicted molar refractivity (Wildman–Crippen MR) is 134 cm³/mol. The number of carbonyl (C=O) groups excluding carboxylic acids is 1. The summed E-state index contributed by atoms with van der Waals surface area (Å²) in [5.41, 5.74) is 2.80. The largest absolute Gasteiger partial charge is 0.356 e. The fourth-order valence-corrected chi connectivity index (χ4v) is 3.15. The molecule has 1 amide bonds. The van der Waals surface area contributed by atoms with Crippen molar-refractivity contribution in [2.24, 2.45) is 4.99 Å². The lowest BCUT2D eigenvalue weighted by Crippen LogP contribution is -2.38. The third-order valence-corrected chi connectivity index (χ3v) is 4.69. The first-order valence-corrected chi connectivity index (χ1v) is 9.66. The molecule has 0 aliphatic carbocycles. The van der Waals surface area contributed by atoms with Crippen LogP contribution in [0.3, 0.4) is 0 Å². The zero-order valence-corrected chi connectivity index (χ0v) is 19.9. The van der Waals surface area contributed by atoms with E-state index in [2.05, 4.69) is 32.7 Å². The van der Waals surface area contributed by atoms with Gasteiger partial charge in [0.2, 0.25) is 0 Å². The van der Waals surface area contributed by atoms with E-state index in [4.69, 9.17) is 0 Å². The van der Waals surface area contributed by atoms with E-state index in [1.165, 1.54) is 5.39 Å². The summed E-state index contributed by atoms with van der Waals surface area (Å²) in [5, 5.41) is 8.96. The second kappa shape index (κ2) is 11.5. The summed E-state index contributed by atoms with van der Waals surface area (Å²) in [5.74, 6) is 0.736. The second-order valence-corrected chi connectivity index (χ2v) is 6.98. The number of nitrogens with zero attached hydrogens (tertiary/aromatic N) is 3. The van der Waals surface area contributed by atoms with Crippen LogP contribution in [0.5, 0.6) is 0 Å². The number of halogens is 1. The minimum atomic E-state index is 0. The Bertz CT molecular complexity index is 1010. The summed E-state index contributed by atoms with van der Waals surface area (Å²) in [6.07, 6.45) is 2.62. The first-order valence-electron chi connectivity index (χ1n) is 9.66. The van der Waals surface area contributed by atoms with Crippen LogP contribution in [-0.4, -0.2) is 49.4 Å². The first-order chi connectivity index (χ1) is 14.1. The summed E-state index contributed by atoms with van der Waals surface area (Å²) in [4.78, 5) is 22.5. The molecule has 7 heteroatoms.